The standard InChI is InChI=1S/C13H11ClN2O2/c1-9-7-15-16(8-9)12-6-11(14)4-2-10(12)3-5-13(17)18/h2-8H,1H3,(H,17,18)/b5-3+. The summed E-state index contributed by atoms with van der Waals surface area (Å²) in [6, 6.07) is 5.21. The number of hydrogen-bond donors (Lipinski definition) is 1. The number of benzene rings is 1. The van der Waals surface area contributed by atoms with Gasteiger partial charge >= 0.3 is 5.97 Å². The highest BCUT2D eigenvalue weighted by atomic mass is 35.5. The first-order valence-corrected chi connectivity index (χ1v) is 5.66. The fraction of sp³-hybridized carbons (Fsp3) is 0.0769. The molecule has 0 unspecified atom stereocenters. The zero-order valence-electron chi connectivity index (χ0n) is 9.67. The number of aryl methyl sites for hydroxylation is 1. The van der Waals surface area contributed by atoms with Crippen LogP contribution in [0.1, 0.15) is 11.1 Å². The number of hydrogen-bond acceptors (Lipinski definition) is 2. The number of nitrogens with zero attached hydrogens (tertiary/aromatic N) is 2. The summed E-state index contributed by atoms with van der Waals surface area (Å²) in [6.07, 6.45) is 6.18. The molecule has 0 radical (unpaired) electrons. The predicted octanol–water partition coefficient (Wildman–Crippen LogP) is 2.93. The summed E-state index contributed by atoms with van der Waals surface area (Å²) >= 11 is 5.95. The number of rotatable bonds is 3. The molecule has 0 fully saturated rings. The molecule has 0 aliphatic heterocycles. The monoisotopic (exact) mass is 262 g/mol. The Morgan fingerprint density at radius 3 is 2.89 bits per heavy atom. The second-order valence-electron chi connectivity index (χ2n) is 3.84. The largest absolute Gasteiger partial charge is 0.478 e. The first-order valence-electron chi connectivity index (χ1n) is 5.28. The molecule has 92 valence electrons. The third-order valence-electron chi connectivity index (χ3n) is 2.36. The molecule has 0 bridgehead atoms. The molecule has 0 atom stereocenters. The Balaban J connectivity index is 2.50. The van der Waals surface area contributed by atoms with E-state index < -0.39 is 5.97 Å². The molecular formula is C13H11ClN2O2. The van der Waals surface area contributed by atoms with Crippen LogP contribution in [0.4, 0.5) is 0 Å². The second kappa shape index (κ2) is 5.06. The Morgan fingerprint density at radius 2 is 2.28 bits per heavy atom. The van der Waals surface area contributed by atoms with Crippen molar-refractivity contribution in [3.63, 3.8) is 0 Å². The lowest BCUT2D eigenvalue weighted by molar-refractivity contribution is -0.131. The summed E-state index contributed by atoms with van der Waals surface area (Å²) < 4.78 is 1.67. The summed E-state index contributed by atoms with van der Waals surface area (Å²) in [5.41, 5.74) is 2.50. The van der Waals surface area contributed by atoms with Gasteiger partial charge in [-0.1, -0.05) is 17.7 Å². The van der Waals surface area contributed by atoms with Gasteiger partial charge in [-0.2, -0.15) is 5.10 Å². The fourth-order valence-electron chi connectivity index (χ4n) is 1.56. The highest BCUT2D eigenvalue weighted by Crippen LogP contribution is 2.21. The van der Waals surface area contributed by atoms with Crippen molar-refractivity contribution in [3.05, 3.63) is 52.8 Å². The van der Waals surface area contributed by atoms with Crippen LogP contribution in [0.3, 0.4) is 0 Å². The van der Waals surface area contributed by atoms with Gasteiger partial charge in [0.15, 0.2) is 0 Å². The Kier molecular flexibility index (Phi) is 3.48. The van der Waals surface area contributed by atoms with E-state index in [4.69, 9.17) is 16.7 Å². The van der Waals surface area contributed by atoms with E-state index in [-0.39, 0.29) is 0 Å². The van der Waals surface area contributed by atoms with Gasteiger partial charge in [0.2, 0.25) is 0 Å². The third-order valence-corrected chi connectivity index (χ3v) is 2.59. The molecule has 1 aromatic heterocycles. The Bertz CT molecular complexity index is 617. The van der Waals surface area contributed by atoms with Crippen molar-refractivity contribution in [2.45, 2.75) is 6.92 Å². The molecule has 1 aromatic carbocycles. The molecule has 0 spiro atoms. The summed E-state index contributed by atoms with van der Waals surface area (Å²) in [7, 11) is 0. The van der Waals surface area contributed by atoms with Crippen LogP contribution < -0.4 is 0 Å². The van der Waals surface area contributed by atoms with Crippen molar-refractivity contribution in [3.8, 4) is 5.69 Å². The molecule has 0 saturated carbocycles. The second-order valence-corrected chi connectivity index (χ2v) is 4.27. The van der Waals surface area contributed by atoms with Gasteiger partial charge in [0.1, 0.15) is 0 Å². The molecular weight excluding hydrogens is 252 g/mol. The van der Waals surface area contributed by atoms with E-state index in [1.54, 1.807) is 29.1 Å². The number of aromatic nitrogens is 2. The van der Waals surface area contributed by atoms with Gasteiger partial charge in [0, 0.05) is 22.9 Å². The molecule has 0 amide bonds. The molecule has 18 heavy (non-hydrogen) atoms. The van der Waals surface area contributed by atoms with Gasteiger partial charge in [0.25, 0.3) is 0 Å². The van der Waals surface area contributed by atoms with Crippen LogP contribution in [0, 0.1) is 6.92 Å². The van der Waals surface area contributed by atoms with E-state index in [0.29, 0.717) is 5.02 Å². The van der Waals surface area contributed by atoms with Crippen LogP contribution in [0.15, 0.2) is 36.7 Å². The topological polar surface area (TPSA) is 55.1 Å². The first kappa shape index (κ1) is 12.4. The van der Waals surface area contributed by atoms with Crippen LogP contribution in [-0.4, -0.2) is 20.9 Å². The molecule has 1 N–H and O–H groups in total. The molecule has 2 aromatic rings. The Morgan fingerprint density at radius 1 is 1.50 bits per heavy atom. The smallest absolute Gasteiger partial charge is 0.328 e. The minimum absolute atomic E-state index is 0.575. The van der Waals surface area contributed by atoms with E-state index >= 15 is 0 Å². The summed E-state index contributed by atoms with van der Waals surface area (Å²) in [4.78, 5) is 10.6. The van der Waals surface area contributed by atoms with Gasteiger partial charge in [-0.3, -0.25) is 0 Å². The minimum atomic E-state index is -0.993. The van der Waals surface area contributed by atoms with Gasteiger partial charge < -0.3 is 5.11 Å². The number of carboxylic acid groups (broad SMARTS) is 1. The third kappa shape index (κ3) is 2.78. The number of carboxylic acids is 1. The van der Waals surface area contributed by atoms with Crippen molar-refractivity contribution in [2.75, 3.05) is 0 Å². The SMILES string of the molecule is Cc1cnn(-c2cc(Cl)ccc2/C=C/C(=O)O)c1. The van der Waals surface area contributed by atoms with E-state index in [0.717, 1.165) is 22.9 Å². The van der Waals surface area contributed by atoms with Gasteiger partial charge in [0.05, 0.1) is 11.9 Å². The van der Waals surface area contributed by atoms with E-state index in [1.165, 1.54) is 6.08 Å². The maximum atomic E-state index is 10.6. The Hall–Kier alpha value is -2.07. The van der Waals surface area contributed by atoms with Crippen LogP contribution in [0.2, 0.25) is 5.02 Å². The number of aliphatic carboxylic acids is 1. The fourth-order valence-corrected chi connectivity index (χ4v) is 1.73. The highest BCUT2D eigenvalue weighted by molar-refractivity contribution is 6.30. The maximum Gasteiger partial charge on any atom is 0.328 e. The molecule has 5 heteroatoms. The lowest BCUT2D eigenvalue weighted by Crippen LogP contribution is -1.97. The molecule has 1 heterocycles. The molecule has 2 rings (SSSR count). The molecule has 0 aliphatic rings. The number of carbonyl (C=O) groups is 1. The highest BCUT2D eigenvalue weighted by Gasteiger charge is 2.05. The lowest BCUT2D eigenvalue weighted by atomic mass is 10.1. The quantitative estimate of drug-likeness (QED) is 0.866. The summed E-state index contributed by atoms with van der Waals surface area (Å²) in [5, 5.41) is 13.4. The Labute approximate surface area is 109 Å². The zero-order valence-corrected chi connectivity index (χ0v) is 10.4. The summed E-state index contributed by atoms with van der Waals surface area (Å²) in [5.74, 6) is -0.993. The van der Waals surface area contributed by atoms with E-state index in [9.17, 15) is 4.79 Å². The molecule has 4 nitrogen and oxygen atoms in total. The van der Waals surface area contributed by atoms with E-state index in [1.807, 2.05) is 13.1 Å². The van der Waals surface area contributed by atoms with Crippen molar-refractivity contribution in [2.24, 2.45) is 0 Å². The summed E-state index contributed by atoms with van der Waals surface area (Å²) in [6.45, 7) is 1.93. The van der Waals surface area contributed by atoms with Crippen molar-refractivity contribution in [1.29, 1.82) is 0 Å². The zero-order chi connectivity index (χ0) is 13.1. The van der Waals surface area contributed by atoms with Crippen LogP contribution in [-0.2, 0) is 4.79 Å². The average Bonchev–Trinajstić information content (AvgIpc) is 2.74. The van der Waals surface area contributed by atoms with Crippen molar-refractivity contribution < 1.29 is 9.90 Å². The normalized spacial score (nSPS) is 11.0. The van der Waals surface area contributed by atoms with Gasteiger partial charge in [-0.25, -0.2) is 9.48 Å². The van der Waals surface area contributed by atoms with Gasteiger partial charge in [-0.15, -0.1) is 0 Å². The average molecular weight is 263 g/mol. The minimum Gasteiger partial charge on any atom is -0.478 e. The van der Waals surface area contributed by atoms with Crippen molar-refractivity contribution in [1.82, 2.24) is 9.78 Å². The van der Waals surface area contributed by atoms with Crippen LogP contribution in [0.25, 0.3) is 11.8 Å². The lowest BCUT2D eigenvalue weighted by Gasteiger charge is -2.06. The van der Waals surface area contributed by atoms with Crippen LogP contribution >= 0.6 is 11.6 Å². The molecule has 0 saturated heterocycles. The molecule has 0 aliphatic carbocycles. The maximum absolute atomic E-state index is 10.6. The predicted molar refractivity (Wildman–Crippen MR) is 70.0 cm³/mol. The van der Waals surface area contributed by atoms with Crippen LogP contribution in [0.5, 0.6) is 0 Å². The number of halogens is 1. The van der Waals surface area contributed by atoms with Gasteiger partial charge in [-0.05, 0) is 30.7 Å². The van der Waals surface area contributed by atoms with E-state index in [2.05, 4.69) is 5.10 Å². The first-order chi connectivity index (χ1) is 8.56. The van der Waals surface area contributed by atoms with Crippen molar-refractivity contribution >= 4 is 23.6 Å².